The second-order valence-electron chi connectivity index (χ2n) is 8.27. The number of rotatable bonds is 3. The smallest absolute Gasteiger partial charge is 0.323 e. The first-order valence-corrected chi connectivity index (χ1v) is 10.5. The Morgan fingerprint density at radius 1 is 0.938 bits per heavy atom. The summed E-state index contributed by atoms with van der Waals surface area (Å²) >= 11 is 0. The van der Waals surface area contributed by atoms with Gasteiger partial charge in [0.2, 0.25) is 0 Å². The molecule has 0 unspecified atom stereocenters. The molecule has 32 heavy (non-hydrogen) atoms. The summed E-state index contributed by atoms with van der Waals surface area (Å²) in [5.74, 6) is 0.999. The van der Waals surface area contributed by atoms with Crippen LogP contribution in [0.4, 0.5) is 16.0 Å². The molecule has 9 heteroatoms. The van der Waals surface area contributed by atoms with Gasteiger partial charge in [-0.2, -0.15) is 5.10 Å². The van der Waals surface area contributed by atoms with E-state index in [1.165, 1.54) is 22.5 Å². The average Bonchev–Trinajstić information content (AvgIpc) is 3.07. The zero-order chi connectivity index (χ0) is 22.4. The van der Waals surface area contributed by atoms with Crippen LogP contribution in [0, 0.1) is 12.7 Å². The number of fused-ring (bicyclic) bond motifs is 2. The van der Waals surface area contributed by atoms with E-state index in [-0.39, 0.29) is 11.5 Å². The van der Waals surface area contributed by atoms with E-state index in [0.717, 1.165) is 37.3 Å². The summed E-state index contributed by atoms with van der Waals surface area (Å²) < 4.78 is 18.3. The van der Waals surface area contributed by atoms with Gasteiger partial charge >= 0.3 is 5.69 Å². The van der Waals surface area contributed by atoms with Crippen molar-refractivity contribution in [2.24, 2.45) is 7.05 Å². The van der Waals surface area contributed by atoms with Crippen molar-refractivity contribution in [1.29, 1.82) is 0 Å². The van der Waals surface area contributed by atoms with Gasteiger partial charge in [0.05, 0.1) is 6.54 Å². The Labute approximate surface area is 184 Å². The van der Waals surface area contributed by atoms with E-state index in [1.54, 1.807) is 26.2 Å². The van der Waals surface area contributed by atoms with Crippen LogP contribution in [0.25, 0.3) is 21.9 Å². The minimum Gasteiger partial charge on any atom is -0.323 e. The van der Waals surface area contributed by atoms with E-state index in [2.05, 4.69) is 38.4 Å². The quantitative estimate of drug-likeness (QED) is 0.535. The standard InChI is InChI=1S/C23H24FN7O/c1-14-19(13-26-23(32)30(14)3)18-8-15-10-21(25-12-16(15)9-20(18)24)27-22-11-17-4-5-29(2)6-7-31(17)28-22/h8-13H,4-7H2,1-3H3,(H,25,27,28). The van der Waals surface area contributed by atoms with Crippen molar-refractivity contribution in [3.63, 3.8) is 0 Å². The summed E-state index contributed by atoms with van der Waals surface area (Å²) in [7, 11) is 3.75. The van der Waals surface area contributed by atoms with Gasteiger partial charge in [-0.05, 0) is 37.6 Å². The second kappa shape index (κ2) is 7.83. The van der Waals surface area contributed by atoms with E-state index in [0.29, 0.717) is 28.0 Å². The van der Waals surface area contributed by atoms with Crippen LogP contribution in [0.15, 0.2) is 41.5 Å². The molecule has 4 aromatic rings. The molecule has 0 spiro atoms. The maximum absolute atomic E-state index is 14.9. The first-order valence-electron chi connectivity index (χ1n) is 10.5. The summed E-state index contributed by atoms with van der Waals surface area (Å²) in [5.41, 5.74) is 2.46. The Hall–Kier alpha value is -3.59. The van der Waals surface area contributed by atoms with Gasteiger partial charge in [-0.3, -0.25) is 9.25 Å². The number of pyridine rings is 1. The SMILES string of the molecule is Cc1c(-c2cc3cc(Nc4cc5n(n4)CCN(C)CC5)ncc3cc2F)cnc(=O)n1C. The van der Waals surface area contributed by atoms with Crippen LogP contribution in [0.1, 0.15) is 11.4 Å². The van der Waals surface area contributed by atoms with Crippen LogP contribution >= 0.6 is 0 Å². The molecule has 4 heterocycles. The fraction of sp³-hybridized carbons (Fsp3) is 0.304. The topological polar surface area (TPSA) is 80.9 Å². The number of hydrogen-bond donors (Lipinski definition) is 1. The number of nitrogens with one attached hydrogen (secondary N) is 1. The fourth-order valence-corrected chi connectivity index (χ4v) is 4.05. The number of nitrogens with zero attached hydrogens (tertiary/aromatic N) is 6. The Kier molecular flexibility index (Phi) is 4.97. The molecule has 1 N–H and O–H groups in total. The van der Waals surface area contributed by atoms with Gasteiger partial charge in [-0.15, -0.1) is 0 Å². The lowest BCUT2D eigenvalue weighted by Gasteiger charge is -2.12. The van der Waals surface area contributed by atoms with Gasteiger partial charge in [0, 0.05) is 72.9 Å². The molecule has 0 aliphatic carbocycles. The molecule has 0 atom stereocenters. The van der Waals surface area contributed by atoms with Crippen LogP contribution in [0.5, 0.6) is 0 Å². The van der Waals surface area contributed by atoms with Crippen LogP contribution in [0.3, 0.4) is 0 Å². The summed E-state index contributed by atoms with van der Waals surface area (Å²) in [5, 5.41) is 9.47. The minimum absolute atomic E-state index is 0.367. The number of hydrogen-bond acceptors (Lipinski definition) is 6. The Bertz CT molecular complexity index is 1370. The molecule has 8 nitrogen and oxygen atoms in total. The third-order valence-electron chi connectivity index (χ3n) is 6.14. The minimum atomic E-state index is -0.383. The van der Waals surface area contributed by atoms with Crippen LogP contribution < -0.4 is 11.0 Å². The summed E-state index contributed by atoms with van der Waals surface area (Å²) in [6.45, 7) is 4.61. The van der Waals surface area contributed by atoms with E-state index < -0.39 is 0 Å². The van der Waals surface area contributed by atoms with Crippen LogP contribution in [0.2, 0.25) is 0 Å². The van der Waals surface area contributed by atoms with Crippen molar-refractivity contribution in [1.82, 2.24) is 29.2 Å². The molecule has 0 radical (unpaired) electrons. The van der Waals surface area contributed by atoms with Crippen molar-refractivity contribution < 1.29 is 4.39 Å². The molecule has 1 aliphatic rings. The van der Waals surface area contributed by atoms with Gasteiger partial charge in [0.15, 0.2) is 5.82 Å². The first-order chi connectivity index (χ1) is 15.4. The molecule has 5 rings (SSSR count). The predicted octanol–water partition coefficient (Wildman–Crippen LogP) is 2.87. The third kappa shape index (κ3) is 3.64. The molecule has 0 saturated carbocycles. The molecular weight excluding hydrogens is 409 g/mol. The molecular formula is C23H24FN7O. The van der Waals surface area contributed by atoms with Gasteiger partial charge in [-0.25, -0.2) is 19.2 Å². The van der Waals surface area contributed by atoms with Gasteiger partial charge in [-0.1, -0.05) is 0 Å². The molecule has 0 fully saturated rings. The van der Waals surface area contributed by atoms with Gasteiger partial charge < -0.3 is 10.2 Å². The average molecular weight is 433 g/mol. The normalized spacial score (nSPS) is 14.4. The lowest BCUT2D eigenvalue weighted by atomic mass is 10.0. The van der Waals surface area contributed by atoms with Crippen LogP contribution in [-0.4, -0.2) is 49.4 Å². The number of anilines is 2. The largest absolute Gasteiger partial charge is 0.347 e. The zero-order valence-corrected chi connectivity index (χ0v) is 18.3. The van der Waals surface area contributed by atoms with Crippen LogP contribution in [-0.2, 0) is 20.0 Å². The lowest BCUT2D eigenvalue weighted by Crippen LogP contribution is -2.22. The molecule has 0 bridgehead atoms. The van der Waals surface area contributed by atoms with E-state index >= 15 is 0 Å². The molecule has 3 aromatic heterocycles. The summed E-state index contributed by atoms with van der Waals surface area (Å²) in [6.07, 6.45) is 4.02. The molecule has 0 amide bonds. The Morgan fingerprint density at radius 3 is 2.62 bits per heavy atom. The van der Waals surface area contributed by atoms with Crippen molar-refractivity contribution >= 4 is 22.4 Å². The molecule has 1 aromatic carbocycles. The number of aromatic nitrogens is 5. The van der Waals surface area contributed by atoms with E-state index in [4.69, 9.17) is 0 Å². The van der Waals surface area contributed by atoms with E-state index in [1.807, 2.05) is 10.7 Å². The van der Waals surface area contributed by atoms with Crippen molar-refractivity contribution in [3.8, 4) is 11.1 Å². The van der Waals surface area contributed by atoms with Gasteiger partial charge in [0.25, 0.3) is 0 Å². The highest BCUT2D eigenvalue weighted by Crippen LogP contribution is 2.30. The van der Waals surface area contributed by atoms with Crippen molar-refractivity contribution in [2.75, 3.05) is 25.5 Å². The Balaban J connectivity index is 1.49. The maximum Gasteiger partial charge on any atom is 0.347 e. The Morgan fingerprint density at radius 2 is 1.78 bits per heavy atom. The highest BCUT2D eigenvalue weighted by atomic mass is 19.1. The highest BCUT2D eigenvalue weighted by Gasteiger charge is 2.15. The predicted molar refractivity (Wildman–Crippen MR) is 122 cm³/mol. The zero-order valence-electron chi connectivity index (χ0n) is 18.3. The lowest BCUT2D eigenvalue weighted by molar-refractivity contribution is 0.337. The van der Waals surface area contributed by atoms with Crippen molar-refractivity contribution in [3.05, 3.63) is 64.3 Å². The number of halogens is 1. The number of likely N-dealkylation sites (N-methyl/N-ethyl adjacent to an activating group) is 1. The summed E-state index contributed by atoms with van der Waals surface area (Å²) in [4.78, 5) is 22.4. The fourth-order valence-electron chi connectivity index (χ4n) is 4.05. The maximum atomic E-state index is 14.9. The first kappa shape index (κ1) is 20.3. The monoisotopic (exact) mass is 433 g/mol. The molecule has 1 aliphatic heterocycles. The van der Waals surface area contributed by atoms with Crippen molar-refractivity contribution in [2.45, 2.75) is 19.9 Å². The number of benzene rings is 1. The third-order valence-corrected chi connectivity index (χ3v) is 6.14. The second-order valence-corrected chi connectivity index (χ2v) is 8.27. The molecule has 0 saturated heterocycles. The molecule has 164 valence electrons. The highest BCUT2D eigenvalue weighted by molar-refractivity contribution is 5.89. The summed E-state index contributed by atoms with van der Waals surface area (Å²) in [6, 6.07) is 7.16. The van der Waals surface area contributed by atoms with E-state index in [9.17, 15) is 9.18 Å². The van der Waals surface area contributed by atoms with Gasteiger partial charge in [0.1, 0.15) is 11.6 Å².